The lowest BCUT2D eigenvalue weighted by atomic mass is 10.1. The molecule has 0 bridgehead atoms. The molecule has 1 heterocycles. The van der Waals surface area contributed by atoms with Crippen LogP contribution in [0.25, 0.3) is 10.8 Å². The van der Waals surface area contributed by atoms with Gasteiger partial charge >= 0.3 is 0 Å². The van der Waals surface area contributed by atoms with Gasteiger partial charge in [0.2, 0.25) is 5.91 Å². The maximum absolute atomic E-state index is 12.5. The molecule has 0 atom stereocenters. The van der Waals surface area contributed by atoms with Crippen LogP contribution in [0.15, 0.2) is 47.3 Å². The fourth-order valence-corrected chi connectivity index (χ4v) is 2.73. The Kier molecular flexibility index (Phi) is 4.88. The highest BCUT2D eigenvalue weighted by atomic mass is 16.5. The van der Waals surface area contributed by atoms with Crippen molar-refractivity contribution < 1.29 is 14.3 Å². The quantitative estimate of drug-likeness (QED) is 0.761. The largest absolute Gasteiger partial charge is 0.497 e. The number of aryl methyl sites for hydroxylation is 1. The Hall–Kier alpha value is -3.35. The van der Waals surface area contributed by atoms with Crippen molar-refractivity contribution in [1.82, 2.24) is 9.78 Å². The Morgan fingerprint density at radius 1 is 1.08 bits per heavy atom. The minimum Gasteiger partial charge on any atom is -0.497 e. The number of ether oxygens (including phenoxy) is 2. The first-order chi connectivity index (χ1) is 12.5. The summed E-state index contributed by atoms with van der Waals surface area (Å²) in [6, 6.07) is 12.2. The summed E-state index contributed by atoms with van der Waals surface area (Å²) < 4.78 is 11.5. The molecule has 0 aliphatic heterocycles. The van der Waals surface area contributed by atoms with E-state index in [0.29, 0.717) is 28.3 Å². The third-order valence-electron chi connectivity index (χ3n) is 3.98. The lowest BCUT2D eigenvalue weighted by Crippen LogP contribution is -2.30. The standard InChI is InChI=1S/C19H19N3O4/c1-12-16-6-4-5-7-17(16)19(24)22(21-12)11-18(23)20-13-8-14(25-2)10-15(9-13)26-3/h4-10H,11H2,1-3H3,(H,20,23). The summed E-state index contributed by atoms with van der Waals surface area (Å²) in [5.74, 6) is 0.734. The topological polar surface area (TPSA) is 82.5 Å². The van der Waals surface area contributed by atoms with Crippen LogP contribution in [0.4, 0.5) is 5.69 Å². The van der Waals surface area contributed by atoms with E-state index >= 15 is 0 Å². The number of amides is 1. The van der Waals surface area contributed by atoms with Gasteiger partial charge < -0.3 is 14.8 Å². The third kappa shape index (κ3) is 3.51. The molecule has 0 spiro atoms. The number of carbonyl (C=O) groups is 1. The van der Waals surface area contributed by atoms with Crippen molar-refractivity contribution >= 4 is 22.4 Å². The highest BCUT2D eigenvalue weighted by molar-refractivity contribution is 5.91. The van der Waals surface area contributed by atoms with Gasteiger partial charge in [-0.1, -0.05) is 18.2 Å². The summed E-state index contributed by atoms with van der Waals surface area (Å²) in [4.78, 5) is 24.9. The van der Waals surface area contributed by atoms with Crippen LogP contribution in [0.1, 0.15) is 5.69 Å². The highest BCUT2D eigenvalue weighted by Crippen LogP contribution is 2.25. The number of hydrogen-bond acceptors (Lipinski definition) is 5. The summed E-state index contributed by atoms with van der Waals surface area (Å²) in [6.07, 6.45) is 0. The van der Waals surface area contributed by atoms with Gasteiger partial charge in [0, 0.05) is 29.3 Å². The van der Waals surface area contributed by atoms with Crippen LogP contribution in [0.5, 0.6) is 11.5 Å². The number of benzene rings is 2. The molecule has 0 unspecified atom stereocenters. The van der Waals surface area contributed by atoms with E-state index < -0.39 is 0 Å². The molecule has 0 aliphatic carbocycles. The molecule has 7 heteroatoms. The number of fused-ring (bicyclic) bond motifs is 1. The number of nitrogens with one attached hydrogen (secondary N) is 1. The van der Waals surface area contributed by atoms with E-state index in [0.717, 1.165) is 5.39 Å². The van der Waals surface area contributed by atoms with Gasteiger partial charge in [0.1, 0.15) is 18.0 Å². The normalized spacial score (nSPS) is 10.6. The van der Waals surface area contributed by atoms with Crippen LogP contribution in [0.2, 0.25) is 0 Å². The molecule has 0 aliphatic rings. The van der Waals surface area contributed by atoms with Crippen LogP contribution < -0.4 is 20.3 Å². The second-order valence-corrected chi connectivity index (χ2v) is 5.74. The van der Waals surface area contributed by atoms with E-state index in [-0.39, 0.29) is 18.0 Å². The summed E-state index contributed by atoms with van der Waals surface area (Å²) in [6.45, 7) is 1.62. The number of anilines is 1. The molecule has 3 rings (SSSR count). The Balaban J connectivity index is 1.86. The van der Waals surface area contributed by atoms with E-state index in [9.17, 15) is 9.59 Å². The van der Waals surface area contributed by atoms with Crippen LogP contribution in [0.3, 0.4) is 0 Å². The van der Waals surface area contributed by atoms with E-state index in [1.54, 1.807) is 30.3 Å². The number of aromatic nitrogens is 2. The number of methoxy groups -OCH3 is 2. The van der Waals surface area contributed by atoms with Crippen molar-refractivity contribution in [2.75, 3.05) is 19.5 Å². The zero-order valence-electron chi connectivity index (χ0n) is 14.8. The molecule has 0 saturated carbocycles. The minimum absolute atomic E-state index is 0.190. The maximum Gasteiger partial charge on any atom is 0.275 e. The van der Waals surface area contributed by atoms with Gasteiger partial charge in [0.05, 0.1) is 25.3 Å². The Morgan fingerprint density at radius 2 is 1.69 bits per heavy atom. The van der Waals surface area contributed by atoms with Gasteiger partial charge in [-0.3, -0.25) is 9.59 Å². The Morgan fingerprint density at radius 3 is 2.31 bits per heavy atom. The third-order valence-corrected chi connectivity index (χ3v) is 3.98. The maximum atomic E-state index is 12.5. The summed E-state index contributed by atoms with van der Waals surface area (Å²) in [5, 5.41) is 8.30. The van der Waals surface area contributed by atoms with Crippen LogP contribution in [-0.4, -0.2) is 29.9 Å². The van der Waals surface area contributed by atoms with Crippen LogP contribution in [0, 0.1) is 6.92 Å². The van der Waals surface area contributed by atoms with Crippen molar-refractivity contribution in [2.45, 2.75) is 13.5 Å². The van der Waals surface area contributed by atoms with Gasteiger partial charge in [0.25, 0.3) is 5.56 Å². The second-order valence-electron chi connectivity index (χ2n) is 5.74. The van der Waals surface area contributed by atoms with Crippen molar-refractivity contribution in [3.63, 3.8) is 0 Å². The predicted octanol–water partition coefficient (Wildman–Crippen LogP) is 2.36. The molecular weight excluding hydrogens is 334 g/mol. The second kappa shape index (κ2) is 7.26. The van der Waals surface area contributed by atoms with E-state index in [1.807, 2.05) is 19.1 Å². The average molecular weight is 353 g/mol. The number of rotatable bonds is 5. The van der Waals surface area contributed by atoms with E-state index in [4.69, 9.17) is 9.47 Å². The number of hydrogen-bond donors (Lipinski definition) is 1. The molecule has 3 aromatic rings. The van der Waals surface area contributed by atoms with Gasteiger partial charge in [-0.25, -0.2) is 4.68 Å². The summed E-state index contributed by atoms with van der Waals surface area (Å²) in [5.41, 5.74) is 0.900. The van der Waals surface area contributed by atoms with Crippen molar-refractivity contribution in [1.29, 1.82) is 0 Å². The molecule has 1 aromatic heterocycles. The minimum atomic E-state index is -0.371. The average Bonchev–Trinajstić information content (AvgIpc) is 2.65. The molecule has 134 valence electrons. The molecule has 0 fully saturated rings. The summed E-state index contributed by atoms with van der Waals surface area (Å²) >= 11 is 0. The van der Waals surface area contributed by atoms with Crippen molar-refractivity contribution in [3.8, 4) is 11.5 Å². The molecule has 2 aromatic carbocycles. The smallest absolute Gasteiger partial charge is 0.275 e. The first kappa shape index (κ1) is 17.5. The lowest BCUT2D eigenvalue weighted by Gasteiger charge is -2.11. The zero-order valence-corrected chi connectivity index (χ0v) is 14.8. The highest BCUT2D eigenvalue weighted by Gasteiger charge is 2.12. The first-order valence-corrected chi connectivity index (χ1v) is 8.01. The fraction of sp³-hybridized carbons (Fsp3) is 0.211. The fourth-order valence-electron chi connectivity index (χ4n) is 2.73. The molecule has 1 amide bonds. The Bertz CT molecular complexity index is 1000. The van der Waals surface area contributed by atoms with E-state index in [2.05, 4.69) is 10.4 Å². The Labute approximate surface area is 150 Å². The van der Waals surface area contributed by atoms with Gasteiger partial charge in [-0.15, -0.1) is 0 Å². The summed E-state index contributed by atoms with van der Waals surface area (Å²) in [7, 11) is 3.06. The van der Waals surface area contributed by atoms with Gasteiger partial charge in [-0.05, 0) is 13.0 Å². The monoisotopic (exact) mass is 353 g/mol. The first-order valence-electron chi connectivity index (χ1n) is 8.01. The SMILES string of the molecule is COc1cc(NC(=O)Cn2nc(C)c3ccccc3c2=O)cc(OC)c1. The molecule has 0 saturated heterocycles. The molecular formula is C19H19N3O4. The molecule has 26 heavy (non-hydrogen) atoms. The van der Waals surface area contributed by atoms with Crippen LogP contribution >= 0.6 is 0 Å². The zero-order chi connectivity index (χ0) is 18.7. The number of nitrogens with zero attached hydrogens (tertiary/aromatic N) is 2. The molecule has 7 nitrogen and oxygen atoms in total. The van der Waals surface area contributed by atoms with Crippen molar-refractivity contribution in [3.05, 3.63) is 58.5 Å². The van der Waals surface area contributed by atoms with Crippen molar-refractivity contribution in [2.24, 2.45) is 0 Å². The van der Waals surface area contributed by atoms with Gasteiger partial charge in [-0.2, -0.15) is 5.10 Å². The molecule has 1 N–H and O–H groups in total. The van der Waals surface area contributed by atoms with Crippen LogP contribution in [-0.2, 0) is 11.3 Å². The lowest BCUT2D eigenvalue weighted by molar-refractivity contribution is -0.117. The predicted molar refractivity (Wildman–Crippen MR) is 98.9 cm³/mol. The van der Waals surface area contributed by atoms with E-state index in [1.165, 1.54) is 18.9 Å². The molecule has 0 radical (unpaired) electrons. The van der Waals surface area contributed by atoms with Gasteiger partial charge in [0.15, 0.2) is 0 Å². The number of carbonyl (C=O) groups excluding carboxylic acids is 1.